The number of rotatable bonds is 8. The molecule has 1 aromatic rings. The molecule has 0 heterocycles. The molecule has 1 aromatic carbocycles. The summed E-state index contributed by atoms with van der Waals surface area (Å²) in [6, 6.07) is 8.37. The summed E-state index contributed by atoms with van der Waals surface area (Å²) < 4.78 is 0. The highest BCUT2D eigenvalue weighted by atomic mass is 32.2. The van der Waals surface area contributed by atoms with Crippen molar-refractivity contribution in [3.05, 3.63) is 29.8 Å². The van der Waals surface area contributed by atoms with Gasteiger partial charge in [-0.15, -0.1) is 11.8 Å². The first-order chi connectivity index (χ1) is 9.52. The van der Waals surface area contributed by atoms with Crippen LogP contribution in [0.15, 0.2) is 29.2 Å². The zero-order valence-electron chi connectivity index (χ0n) is 12.4. The van der Waals surface area contributed by atoms with Gasteiger partial charge in [0.15, 0.2) is 0 Å². The maximum Gasteiger partial charge on any atom is 0.234 e. The highest BCUT2D eigenvalue weighted by Crippen LogP contribution is 2.17. The number of aryl methyl sites for hydroxylation is 1. The van der Waals surface area contributed by atoms with Gasteiger partial charge in [0.05, 0.1) is 13.2 Å². The number of thioether (sulfide) groups is 1. The van der Waals surface area contributed by atoms with E-state index in [2.05, 4.69) is 36.5 Å². The van der Waals surface area contributed by atoms with E-state index >= 15 is 0 Å². The molecule has 112 valence electrons. The molecule has 0 bridgehead atoms. The van der Waals surface area contributed by atoms with E-state index in [0.29, 0.717) is 13.1 Å². The van der Waals surface area contributed by atoms with Crippen molar-refractivity contribution in [1.29, 1.82) is 0 Å². The summed E-state index contributed by atoms with van der Waals surface area (Å²) in [4.78, 5) is 14.7. The van der Waals surface area contributed by atoms with Crippen LogP contribution in [0.3, 0.4) is 0 Å². The van der Waals surface area contributed by atoms with E-state index in [9.17, 15) is 4.79 Å². The monoisotopic (exact) mass is 296 g/mol. The largest absolute Gasteiger partial charge is 0.395 e. The molecule has 1 unspecified atom stereocenters. The second-order valence-corrected chi connectivity index (χ2v) is 6.13. The van der Waals surface area contributed by atoms with E-state index in [1.165, 1.54) is 10.5 Å². The van der Waals surface area contributed by atoms with E-state index in [1.807, 2.05) is 18.9 Å². The van der Waals surface area contributed by atoms with Crippen molar-refractivity contribution < 1.29 is 9.90 Å². The first-order valence-corrected chi connectivity index (χ1v) is 7.78. The van der Waals surface area contributed by atoms with Gasteiger partial charge in [0, 0.05) is 23.2 Å². The van der Waals surface area contributed by atoms with E-state index in [4.69, 9.17) is 5.11 Å². The Morgan fingerprint density at radius 3 is 2.65 bits per heavy atom. The van der Waals surface area contributed by atoms with Gasteiger partial charge in [-0.25, -0.2) is 0 Å². The fourth-order valence-corrected chi connectivity index (χ4v) is 2.34. The third-order valence-corrected chi connectivity index (χ3v) is 4.14. The van der Waals surface area contributed by atoms with Crippen molar-refractivity contribution >= 4 is 17.7 Å². The first-order valence-electron chi connectivity index (χ1n) is 6.80. The van der Waals surface area contributed by atoms with Crippen LogP contribution in [0.25, 0.3) is 0 Å². The Kier molecular flexibility index (Phi) is 7.65. The van der Waals surface area contributed by atoms with Crippen molar-refractivity contribution in [3.63, 3.8) is 0 Å². The summed E-state index contributed by atoms with van der Waals surface area (Å²) in [7, 11) is 1.83. The van der Waals surface area contributed by atoms with Gasteiger partial charge in [-0.2, -0.15) is 0 Å². The van der Waals surface area contributed by atoms with Crippen molar-refractivity contribution in [1.82, 2.24) is 10.2 Å². The molecule has 1 amide bonds. The molecule has 4 nitrogen and oxygen atoms in total. The highest BCUT2D eigenvalue weighted by Gasteiger charge is 2.11. The van der Waals surface area contributed by atoms with Gasteiger partial charge in [0.25, 0.3) is 0 Å². The van der Waals surface area contributed by atoms with Crippen LogP contribution in [0.5, 0.6) is 0 Å². The molecule has 1 atom stereocenters. The Bertz CT molecular complexity index is 409. The third-order valence-electron chi connectivity index (χ3n) is 3.12. The molecule has 0 saturated carbocycles. The van der Waals surface area contributed by atoms with Crippen molar-refractivity contribution in [2.45, 2.75) is 24.8 Å². The smallest absolute Gasteiger partial charge is 0.234 e. The number of aliphatic hydroxyl groups excluding tert-OH is 1. The van der Waals surface area contributed by atoms with Gasteiger partial charge in [0.2, 0.25) is 5.91 Å². The van der Waals surface area contributed by atoms with Crippen LogP contribution in [-0.2, 0) is 4.79 Å². The Balaban J connectivity index is 2.17. The van der Waals surface area contributed by atoms with Crippen LogP contribution in [0, 0.1) is 6.92 Å². The Morgan fingerprint density at radius 1 is 1.40 bits per heavy atom. The van der Waals surface area contributed by atoms with E-state index in [0.717, 1.165) is 5.75 Å². The second kappa shape index (κ2) is 9.00. The van der Waals surface area contributed by atoms with Crippen LogP contribution >= 0.6 is 11.8 Å². The van der Waals surface area contributed by atoms with E-state index in [1.54, 1.807) is 11.8 Å². The average molecular weight is 296 g/mol. The molecule has 0 spiro atoms. The summed E-state index contributed by atoms with van der Waals surface area (Å²) in [5, 5.41) is 11.9. The summed E-state index contributed by atoms with van der Waals surface area (Å²) in [5.74, 6) is 0.853. The summed E-state index contributed by atoms with van der Waals surface area (Å²) >= 11 is 1.73. The number of amides is 1. The fourth-order valence-electron chi connectivity index (χ4n) is 1.57. The summed E-state index contributed by atoms with van der Waals surface area (Å²) in [6.07, 6.45) is 0. The maximum atomic E-state index is 11.7. The Labute approximate surface area is 125 Å². The normalized spacial score (nSPS) is 12.4. The van der Waals surface area contributed by atoms with Crippen LogP contribution in [0.1, 0.15) is 12.5 Å². The Morgan fingerprint density at radius 2 is 2.05 bits per heavy atom. The lowest BCUT2D eigenvalue weighted by Crippen LogP contribution is -2.41. The van der Waals surface area contributed by atoms with Crippen LogP contribution in [0.4, 0.5) is 0 Å². The van der Waals surface area contributed by atoms with Crippen LogP contribution < -0.4 is 5.32 Å². The molecule has 20 heavy (non-hydrogen) atoms. The van der Waals surface area contributed by atoms with Gasteiger partial charge in [-0.3, -0.25) is 9.69 Å². The van der Waals surface area contributed by atoms with Gasteiger partial charge < -0.3 is 10.4 Å². The molecule has 0 fully saturated rings. The lowest BCUT2D eigenvalue weighted by molar-refractivity contribution is -0.122. The molecular weight excluding hydrogens is 272 g/mol. The minimum atomic E-state index is -0.00249. The number of carbonyl (C=O) groups excluding carboxylic acids is 1. The SMILES string of the molecule is Cc1ccc(SCCNC(=O)CN(C)C(C)CO)cc1. The Hall–Kier alpha value is -1.04. The predicted octanol–water partition coefficient (Wildman–Crippen LogP) is 1.52. The zero-order valence-corrected chi connectivity index (χ0v) is 13.2. The van der Waals surface area contributed by atoms with Crippen molar-refractivity contribution in [2.75, 3.05) is 32.5 Å². The van der Waals surface area contributed by atoms with Gasteiger partial charge in [0.1, 0.15) is 0 Å². The number of likely N-dealkylation sites (N-methyl/N-ethyl adjacent to an activating group) is 1. The lowest BCUT2D eigenvalue weighted by atomic mass is 10.2. The van der Waals surface area contributed by atoms with Gasteiger partial charge >= 0.3 is 0 Å². The number of hydrogen-bond acceptors (Lipinski definition) is 4. The van der Waals surface area contributed by atoms with Gasteiger partial charge in [-0.1, -0.05) is 17.7 Å². The number of carbonyl (C=O) groups is 1. The molecule has 0 aliphatic carbocycles. The first kappa shape index (κ1) is 17.0. The molecule has 0 aromatic heterocycles. The topological polar surface area (TPSA) is 52.6 Å². The highest BCUT2D eigenvalue weighted by molar-refractivity contribution is 7.99. The molecule has 0 saturated heterocycles. The standard InChI is InChI=1S/C15H24N2O2S/c1-12-4-6-14(7-5-12)20-9-8-16-15(19)10-17(3)13(2)11-18/h4-7,13,18H,8-11H2,1-3H3,(H,16,19). The molecule has 0 aliphatic heterocycles. The number of nitrogens with zero attached hydrogens (tertiary/aromatic N) is 1. The molecular formula is C15H24N2O2S. The number of nitrogens with one attached hydrogen (secondary N) is 1. The molecule has 0 radical (unpaired) electrons. The van der Waals surface area contributed by atoms with E-state index in [-0.39, 0.29) is 18.6 Å². The molecule has 1 rings (SSSR count). The second-order valence-electron chi connectivity index (χ2n) is 4.96. The van der Waals surface area contributed by atoms with Gasteiger partial charge in [-0.05, 0) is 33.0 Å². The zero-order chi connectivity index (χ0) is 15.0. The minimum Gasteiger partial charge on any atom is -0.395 e. The fraction of sp³-hybridized carbons (Fsp3) is 0.533. The molecule has 0 aliphatic rings. The third kappa shape index (κ3) is 6.41. The van der Waals surface area contributed by atoms with Crippen LogP contribution in [0.2, 0.25) is 0 Å². The predicted molar refractivity (Wildman–Crippen MR) is 84.1 cm³/mol. The summed E-state index contributed by atoms with van der Waals surface area (Å²) in [5.41, 5.74) is 1.25. The molecule has 5 heteroatoms. The van der Waals surface area contributed by atoms with Crippen LogP contribution in [-0.4, -0.2) is 54.5 Å². The van der Waals surface area contributed by atoms with E-state index < -0.39 is 0 Å². The number of hydrogen-bond donors (Lipinski definition) is 2. The lowest BCUT2D eigenvalue weighted by Gasteiger charge is -2.21. The quantitative estimate of drug-likeness (QED) is 0.564. The average Bonchev–Trinajstić information content (AvgIpc) is 2.44. The number of aliphatic hydroxyl groups is 1. The van der Waals surface area contributed by atoms with Crippen molar-refractivity contribution in [2.24, 2.45) is 0 Å². The molecule has 2 N–H and O–H groups in total. The van der Waals surface area contributed by atoms with Crippen molar-refractivity contribution in [3.8, 4) is 0 Å². The minimum absolute atomic E-state index is 0.00248. The number of benzene rings is 1. The maximum absolute atomic E-state index is 11.7. The summed E-state index contributed by atoms with van der Waals surface area (Å²) in [6.45, 7) is 4.99.